The van der Waals surface area contributed by atoms with Gasteiger partial charge in [0.25, 0.3) is 5.91 Å². The molecule has 4 heteroatoms. The minimum atomic E-state index is -0.578. The molecule has 0 aromatic heterocycles. The molecule has 1 atom stereocenters. The van der Waals surface area contributed by atoms with Crippen molar-refractivity contribution in [1.29, 1.82) is 0 Å². The fourth-order valence-corrected chi connectivity index (χ4v) is 3.15. The first-order valence-corrected chi connectivity index (χ1v) is 8.36. The third-order valence-electron chi connectivity index (χ3n) is 4.36. The van der Waals surface area contributed by atoms with Gasteiger partial charge in [-0.25, -0.2) is 0 Å². The van der Waals surface area contributed by atoms with Crippen molar-refractivity contribution in [3.05, 3.63) is 59.2 Å². The molecule has 1 unspecified atom stereocenters. The summed E-state index contributed by atoms with van der Waals surface area (Å²) in [4.78, 5) is 14.7. The maximum absolute atomic E-state index is 12.9. The summed E-state index contributed by atoms with van der Waals surface area (Å²) >= 11 is 0. The number of ether oxygens (including phenoxy) is 1. The van der Waals surface area contributed by atoms with E-state index in [4.69, 9.17) is 4.74 Å². The van der Waals surface area contributed by atoms with Crippen LogP contribution < -0.4 is 9.64 Å². The van der Waals surface area contributed by atoms with Crippen molar-refractivity contribution in [3.8, 4) is 5.75 Å². The molecule has 1 heterocycles. The molecule has 0 bridgehead atoms. The van der Waals surface area contributed by atoms with Crippen molar-refractivity contribution < 1.29 is 14.6 Å². The molecule has 0 aliphatic carbocycles. The van der Waals surface area contributed by atoms with E-state index in [-0.39, 0.29) is 12.5 Å². The van der Waals surface area contributed by atoms with Crippen LogP contribution in [0.3, 0.4) is 0 Å². The largest absolute Gasteiger partial charge is 0.481 e. The molecule has 1 N–H and O–H groups in total. The molecule has 3 rings (SSSR count). The van der Waals surface area contributed by atoms with Gasteiger partial charge in [0.2, 0.25) is 0 Å². The lowest BCUT2D eigenvalue weighted by atomic mass is 9.99. The summed E-state index contributed by atoms with van der Waals surface area (Å²) in [6.45, 7) is 4.52. The van der Waals surface area contributed by atoms with Crippen molar-refractivity contribution in [2.75, 3.05) is 11.4 Å². The van der Waals surface area contributed by atoms with E-state index < -0.39 is 6.10 Å². The summed E-state index contributed by atoms with van der Waals surface area (Å²) in [5.41, 5.74) is 4.21. The fourth-order valence-electron chi connectivity index (χ4n) is 3.15. The number of hydrogen-bond donors (Lipinski definition) is 1. The van der Waals surface area contributed by atoms with Crippen LogP contribution in [0.5, 0.6) is 5.75 Å². The van der Waals surface area contributed by atoms with E-state index in [1.165, 1.54) is 11.1 Å². The molecule has 1 amide bonds. The van der Waals surface area contributed by atoms with E-state index in [2.05, 4.69) is 13.0 Å². The molecule has 0 saturated heterocycles. The maximum Gasteiger partial charge on any atom is 0.267 e. The Morgan fingerprint density at radius 3 is 2.92 bits per heavy atom. The molecule has 2 aromatic carbocycles. The average molecular weight is 325 g/mol. The molecule has 126 valence electrons. The van der Waals surface area contributed by atoms with Gasteiger partial charge in [0.15, 0.2) is 6.10 Å². The summed E-state index contributed by atoms with van der Waals surface area (Å²) in [5.74, 6) is 0.567. The summed E-state index contributed by atoms with van der Waals surface area (Å²) in [6.07, 6.45) is 1.40. The van der Waals surface area contributed by atoms with Crippen LogP contribution >= 0.6 is 0 Å². The van der Waals surface area contributed by atoms with E-state index in [0.717, 1.165) is 30.6 Å². The highest BCUT2D eigenvalue weighted by Gasteiger charge is 2.27. The molecule has 4 nitrogen and oxygen atoms in total. The molecule has 0 saturated carbocycles. The molecule has 0 radical (unpaired) electrons. The zero-order valence-corrected chi connectivity index (χ0v) is 14.2. The van der Waals surface area contributed by atoms with Crippen molar-refractivity contribution in [3.63, 3.8) is 0 Å². The third kappa shape index (κ3) is 3.44. The van der Waals surface area contributed by atoms with Gasteiger partial charge < -0.3 is 14.7 Å². The summed E-state index contributed by atoms with van der Waals surface area (Å²) in [6, 6.07) is 13.4. The van der Waals surface area contributed by atoms with E-state index in [0.29, 0.717) is 5.75 Å². The highest BCUT2D eigenvalue weighted by atomic mass is 16.5. The van der Waals surface area contributed by atoms with Crippen LogP contribution in [0.2, 0.25) is 0 Å². The summed E-state index contributed by atoms with van der Waals surface area (Å²) < 4.78 is 5.81. The maximum atomic E-state index is 12.9. The molecule has 1 aliphatic rings. The van der Waals surface area contributed by atoms with E-state index >= 15 is 0 Å². The second-order valence-corrected chi connectivity index (χ2v) is 6.29. The molecule has 0 spiro atoms. The monoisotopic (exact) mass is 325 g/mol. The number of aryl methyl sites for hydroxylation is 2. The fraction of sp³-hybridized carbons (Fsp3) is 0.350. The predicted octanol–water partition coefficient (Wildman–Crippen LogP) is 3.23. The summed E-state index contributed by atoms with van der Waals surface area (Å²) in [7, 11) is 0. The van der Waals surface area contributed by atoms with E-state index in [1.54, 1.807) is 19.1 Å². The Hall–Kier alpha value is -2.33. The van der Waals surface area contributed by atoms with Crippen LogP contribution in [0.4, 0.5) is 5.69 Å². The minimum absolute atomic E-state index is 0.0331. The van der Waals surface area contributed by atoms with Gasteiger partial charge in [-0.3, -0.25) is 4.79 Å². The smallest absolute Gasteiger partial charge is 0.267 e. The van der Waals surface area contributed by atoms with Crippen LogP contribution in [0.25, 0.3) is 0 Å². The number of hydrogen-bond acceptors (Lipinski definition) is 3. The third-order valence-corrected chi connectivity index (χ3v) is 4.36. The van der Waals surface area contributed by atoms with Crippen LogP contribution in [0.15, 0.2) is 42.5 Å². The molecule has 0 fully saturated rings. The number of amides is 1. The standard InChI is InChI=1S/C20H23NO3/c1-14-8-9-19-17(11-14)6-4-10-21(19)20(23)15(2)24-18-7-3-5-16(12-18)13-22/h3,5,7-9,11-12,15,22H,4,6,10,13H2,1-2H3. The van der Waals surface area contributed by atoms with E-state index in [9.17, 15) is 9.90 Å². The van der Waals surface area contributed by atoms with Gasteiger partial charge in [0.05, 0.1) is 6.61 Å². The van der Waals surface area contributed by atoms with Crippen molar-refractivity contribution in [2.45, 2.75) is 39.4 Å². The number of nitrogens with zero attached hydrogens (tertiary/aromatic N) is 1. The molecular formula is C20H23NO3. The Kier molecular flexibility index (Phi) is 4.86. The number of benzene rings is 2. The van der Waals surface area contributed by atoms with Crippen LogP contribution in [-0.4, -0.2) is 23.7 Å². The number of fused-ring (bicyclic) bond motifs is 1. The normalized spacial score (nSPS) is 14.9. The first-order valence-electron chi connectivity index (χ1n) is 8.36. The number of aliphatic hydroxyl groups excluding tert-OH is 1. The van der Waals surface area contributed by atoms with Gasteiger partial charge in [-0.1, -0.05) is 29.8 Å². The number of carbonyl (C=O) groups is 1. The number of rotatable bonds is 4. The zero-order valence-electron chi connectivity index (χ0n) is 14.2. The van der Waals surface area contributed by atoms with Crippen molar-refractivity contribution in [1.82, 2.24) is 0 Å². The second kappa shape index (κ2) is 7.05. The predicted molar refractivity (Wildman–Crippen MR) is 94.3 cm³/mol. The van der Waals surface area contributed by atoms with Crippen molar-refractivity contribution in [2.24, 2.45) is 0 Å². The summed E-state index contributed by atoms with van der Waals surface area (Å²) in [5, 5.41) is 9.21. The Labute approximate surface area is 142 Å². The lowest BCUT2D eigenvalue weighted by Crippen LogP contribution is -2.43. The zero-order chi connectivity index (χ0) is 17.1. The topological polar surface area (TPSA) is 49.8 Å². The van der Waals surface area contributed by atoms with Gasteiger partial charge >= 0.3 is 0 Å². The Morgan fingerprint density at radius 1 is 1.29 bits per heavy atom. The van der Waals surface area contributed by atoms with Gasteiger partial charge in [-0.2, -0.15) is 0 Å². The van der Waals surface area contributed by atoms with Gasteiger partial charge in [-0.05, 0) is 56.0 Å². The number of carbonyl (C=O) groups excluding carboxylic acids is 1. The highest BCUT2D eigenvalue weighted by Crippen LogP contribution is 2.29. The number of aliphatic hydroxyl groups is 1. The van der Waals surface area contributed by atoms with E-state index in [1.807, 2.05) is 29.2 Å². The van der Waals surface area contributed by atoms with Gasteiger partial charge in [0.1, 0.15) is 5.75 Å². The Morgan fingerprint density at radius 2 is 2.12 bits per heavy atom. The van der Waals surface area contributed by atoms with Crippen LogP contribution in [0.1, 0.15) is 30.0 Å². The second-order valence-electron chi connectivity index (χ2n) is 6.29. The minimum Gasteiger partial charge on any atom is -0.481 e. The Balaban J connectivity index is 1.77. The molecule has 24 heavy (non-hydrogen) atoms. The SMILES string of the molecule is Cc1ccc2c(c1)CCCN2C(=O)C(C)Oc1cccc(CO)c1. The molecule has 2 aromatic rings. The van der Waals surface area contributed by atoms with Gasteiger partial charge in [0, 0.05) is 12.2 Å². The highest BCUT2D eigenvalue weighted by molar-refractivity contribution is 5.97. The first kappa shape index (κ1) is 16.5. The molecular weight excluding hydrogens is 302 g/mol. The molecule has 1 aliphatic heterocycles. The first-order chi connectivity index (χ1) is 11.6. The lowest BCUT2D eigenvalue weighted by Gasteiger charge is -2.31. The lowest BCUT2D eigenvalue weighted by molar-refractivity contribution is -0.124. The quantitative estimate of drug-likeness (QED) is 0.939. The number of anilines is 1. The van der Waals surface area contributed by atoms with Crippen LogP contribution in [0, 0.1) is 6.92 Å². The van der Waals surface area contributed by atoms with Gasteiger partial charge in [-0.15, -0.1) is 0 Å². The van der Waals surface area contributed by atoms with Crippen molar-refractivity contribution >= 4 is 11.6 Å². The Bertz CT molecular complexity index is 741. The average Bonchev–Trinajstić information content (AvgIpc) is 2.60. The van der Waals surface area contributed by atoms with Crippen LogP contribution in [-0.2, 0) is 17.8 Å².